The second kappa shape index (κ2) is 9.72. The number of nitrogens with one attached hydrogen (secondary N) is 1. The van der Waals surface area contributed by atoms with Gasteiger partial charge in [-0.3, -0.25) is 14.5 Å². The number of sulfonamides is 1. The molecule has 3 N–H and O–H groups in total. The van der Waals surface area contributed by atoms with Gasteiger partial charge in [0.25, 0.3) is 0 Å². The van der Waals surface area contributed by atoms with Crippen LogP contribution in [0.4, 0.5) is 11.4 Å². The molecule has 9 nitrogen and oxygen atoms in total. The highest BCUT2D eigenvalue weighted by Gasteiger charge is 2.38. The van der Waals surface area contributed by atoms with Gasteiger partial charge in [0.05, 0.1) is 23.4 Å². The number of amides is 2. The Bertz CT molecular complexity index is 1160. The zero-order chi connectivity index (χ0) is 23.5. The minimum Gasteiger partial charge on any atom is -0.495 e. The molecule has 0 radical (unpaired) electrons. The van der Waals surface area contributed by atoms with Crippen molar-refractivity contribution < 1.29 is 22.7 Å². The average molecular weight is 477 g/mol. The van der Waals surface area contributed by atoms with Crippen LogP contribution in [0, 0.1) is 6.92 Å². The van der Waals surface area contributed by atoms with Crippen LogP contribution in [0.1, 0.15) is 18.9 Å². The minimum atomic E-state index is -3.80. The summed E-state index contributed by atoms with van der Waals surface area (Å²) in [5, 5.41) is 7.76. The van der Waals surface area contributed by atoms with E-state index in [0.717, 1.165) is 5.56 Å². The number of nitrogens with two attached hydrogens (primary N) is 1. The molecule has 170 valence electrons. The number of methoxy groups -OCH3 is 1. The number of hydrogen-bond acceptors (Lipinski definition) is 7. The third-order valence-electron chi connectivity index (χ3n) is 4.73. The summed E-state index contributed by atoms with van der Waals surface area (Å²) in [6, 6.07) is 11.2. The van der Waals surface area contributed by atoms with Crippen LogP contribution in [-0.4, -0.2) is 49.2 Å². The summed E-state index contributed by atoms with van der Waals surface area (Å²) in [4.78, 5) is 31.4. The number of benzene rings is 2. The van der Waals surface area contributed by atoms with E-state index < -0.39 is 15.3 Å². The van der Waals surface area contributed by atoms with E-state index in [-0.39, 0.29) is 23.1 Å². The van der Waals surface area contributed by atoms with Gasteiger partial charge in [-0.05, 0) is 55.8 Å². The average Bonchev–Trinajstić information content (AvgIpc) is 3.01. The SMILES string of the molecule is CCN1C(=O)C(CC(=O)Nc2cc(C)ccc2OC)SC1=Nc1ccc(S(N)(=O)=O)cc1. The lowest BCUT2D eigenvalue weighted by Crippen LogP contribution is -2.33. The zero-order valence-electron chi connectivity index (χ0n) is 17.9. The van der Waals surface area contributed by atoms with Crippen LogP contribution in [0.2, 0.25) is 0 Å². The van der Waals surface area contributed by atoms with Crippen molar-refractivity contribution in [2.45, 2.75) is 30.4 Å². The Kier molecular flexibility index (Phi) is 7.22. The van der Waals surface area contributed by atoms with E-state index in [0.29, 0.717) is 28.8 Å². The van der Waals surface area contributed by atoms with Crippen molar-refractivity contribution >= 4 is 50.1 Å². The van der Waals surface area contributed by atoms with Crippen LogP contribution in [-0.2, 0) is 19.6 Å². The van der Waals surface area contributed by atoms with Crippen LogP contribution >= 0.6 is 11.8 Å². The summed E-state index contributed by atoms with van der Waals surface area (Å²) < 4.78 is 28.1. The maximum Gasteiger partial charge on any atom is 0.242 e. The molecule has 3 rings (SSSR count). The van der Waals surface area contributed by atoms with Crippen LogP contribution < -0.4 is 15.2 Å². The first-order valence-corrected chi connectivity index (χ1v) is 12.2. The fraction of sp³-hybridized carbons (Fsp3) is 0.286. The van der Waals surface area contributed by atoms with E-state index in [2.05, 4.69) is 10.3 Å². The normalized spacial score (nSPS) is 17.6. The van der Waals surface area contributed by atoms with Crippen LogP contribution in [0.15, 0.2) is 52.4 Å². The van der Waals surface area contributed by atoms with Crippen molar-refractivity contribution in [2.24, 2.45) is 10.1 Å². The highest BCUT2D eigenvalue weighted by molar-refractivity contribution is 8.15. The molecule has 32 heavy (non-hydrogen) atoms. The smallest absolute Gasteiger partial charge is 0.242 e. The van der Waals surface area contributed by atoms with Gasteiger partial charge >= 0.3 is 0 Å². The first kappa shape index (κ1) is 23.8. The van der Waals surface area contributed by atoms with Gasteiger partial charge in [0.1, 0.15) is 11.0 Å². The Morgan fingerprint density at radius 2 is 1.94 bits per heavy atom. The van der Waals surface area contributed by atoms with Crippen molar-refractivity contribution in [1.82, 2.24) is 4.90 Å². The Morgan fingerprint density at radius 1 is 1.25 bits per heavy atom. The monoisotopic (exact) mass is 476 g/mol. The standard InChI is InChI=1S/C21H24N4O5S2/c1-4-25-20(27)18(12-19(26)24-16-11-13(2)5-10-17(16)30-3)31-21(25)23-14-6-8-15(9-7-14)32(22,28)29/h5-11,18H,4,12H2,1-3H3,(H,24,26)(H2,22,28,29). The molecular formula is C21H24N4O5S2. The molecule has 2 aromatic rings. The molecule has 0 saturated carbocycles. The van der Waals surface area contributed by atoms with Crippen molar-refractivity contribution in [3.8, 4) is 5.75 Å². The number of aliphatic imine (C=N–C) groups is 1. The summed E-state index contributed by atoms with van der Waals surface area (Å²) in [5.74, 6) is 0.0213. The summed E-state index contributed by atoms with van der Waals surface area (Å²) in [6.07, 6.45) is -0.0273. The minimum absolute atomic E-state index is 0.0231. The number of hydrogen-bond donors (Lipinski definition) is 2. The van der Waals surface area contributed by atoms with Crippen molar-refractivity contribution in [2.75, 3.05) is 19.0 Å². The molecule has 2 amide bonds. The number of rotatable bonds is 7. The van der Waals surface area contributed by atoms with Gasteiger partial charge in [-0.25, -0.2) is 18.5 Å². The number of amidine groups is 1. The Morgan fingerprint density at radius 3 is 2.53 bits per heavy atom. The molecule has 2 aromatic carbocycles. The third kappa shape index (κ3) is 5.47. The fourth-order valence-electron chi connectivity index (χ4n) is 3.13. The molecule has 11 heteroatoms. The largest absolute Gasteiger partial charge is 0.495 e. The lowest BCUT2D eigenvalue weighted by Gasteiger charge is -2.14. The molecule has 0 aromatic heterocycles. The number of anilines is 1. The lowest BCUT2D eigenvalue weighted by molar-refractivity contribution is -0.128. The molecule has 0 bridgehead atoms. The van der Waals surface area contributed by atoms with Gasteiger partial charge < -0.3 is 10.1 Å². The third-order valence-corrected chi connectivity index (χ3v) is 6.83. The van der Waals surface area contributed by atoms with Crippen molar-refractivity contribution in [3.05, 3.63) is 48.0 Å². The van der Waals surface area contributed by atoms with Gasteiger partial charge in [0.2, 0.25) is 21.8 Å². The predicted molar refractivity (Wildman–Crippen MR) is 125 cm³/mol. The number of carbonyl (C=O) groups is 2. The van der Waals surface area contributed by atoms with Gasteiger partial charge in [-0.2, -0.15) is 0 Å². The Hall–Kier alpha value is -2.89. The molecule has 1 aliphatic rings. The number of aryl methyl sites for hydroxylation is 1. The van der Waals surface area contributed by atoms with E-state index in [1.165, 1.54) is 48.0 Å². The number of nitrogens with zero attached hydrogens (tertiary/aromatic N) is 2. The number of ether oxygens (including phenoxy) is 1. The highest BCUT2D eigenvalue weighted by atomic mass is 32.2. The topological polar surface area (TPSA) is 131 Å². The molecule has 0 spiro atoms. The summed E-state index contributed by atoms with van der Waals surface area (Å²) in [7, 11) is -2.28. The summed E-state index contributed by atoms with van der Waals surface area (Å²) in [5.41, 5.74) is 1.98. The number of carbonyl (C=O) groups excluding carboxylic acids is 2. The second-order valence-corrected chi connectivity index (χ2v) is 9.81. The highest BCUT2D eigenvalue weighted by Crippen LogP contribution is 2.32. The van der Waals surface area contributed by atoms with Gasteiger partial charge in [0.15, 0.2) is 5.17 Å². The number of primary sulfonamides is 1. The zero-order valence-corrected chi connectivity index (χ0v) is 19.5. The predicted octanol–water partition coefficient (Wildman–Crippen LogP) is 2.63. The van der Waals surface area contributed by atoms with E-state index in [1.54, 1.807) is 12.1 Å². The summed E-state index contributed by atoms with van der Waals surface area (Å²) in [6.45, 7) is 4.12. The van der Waals surface area contributed by atoms with E-state index in [4.69, 9.17) is 9.88 Å². The van der Waals surface area contributed by atoms with Gasteiger partial charge in [-0.1, -0.05) is 17.8 Å². The molecule has 1 unspecified atom stereocenters. The van der Waals surface area contributed by atoms with Crippen LogP contribution in [0.25, 0.3) is 0 Å². The van der Waals surface area contributed by atoms with E-state index in [1.807, 2.05) is 19.9 Å². The maximum atomic E-state index is 12.8. The maximum absolute atomic E-state index is 12.8. The van der Waals surface area contributed by atoms with E-state index >= 15 is 0 Å². The Labute approximate surface area is 191 Å². The quantitative estimate of drug-likeness (QED) is 0.632. The second-order valence-electron chi connectivity index (χ2n) is 7.08. The fourth-order valence-corrected chi connectivity index (χ4v) is 4.86. The van der Waals surface area contributed by atoms with Crippen molar-refractivity contribution in [1.29, 1.82) is 0 Å². The molecular weight excluding hydrogens is 452 g/mol. The number of thioether (sulfide) groups is 1. The van der Waals surface area contributed by atoms with Crippen molar-refractivity contribution in [3.63, 3.8) is 0 Å². The van der Waals surface area contributed by atoms with Crippen LogP contribution in [0.3, 0.4) is 0 Å². The van der Waals surface area contributed by atoms with Gasteiger partial charge in [-0.15, -0.1) is 0 Å². The Balaban J connectivity index is 1.74. The molecule has 1 aliphatic heterocycles. The van der Waals surface area contributed by atoms with Gasteiger partial charge in [0, 0.05) is 13.0 Å². The first-order valence-electron chi connectivity index (χ1n) is 9.76. The molecule has 0 aliphatic carbocycles. The van der Waals surface area contributed by atoms with Crippen LogP contribution in [0.5, 0.6) is 5.75 Å². The van der Waals surface area contributed by atoms with E-state index in [9.17, 15) is 18.0 Å². The first-order chi connectivity index (χ1) is 15.1. The lowest BCUT2D eigenvalue weighted by atomic mass is 10.2. The summed E-state index contributed by atoms with van der Waals surface area (Å²) >= 11 is 1.20. The molecule has 1 heterocycles. The molecule has 1 saturated heterocycles. The molecule has 1 fully saturated rings. The molecule has 1 atom stereocenters.